The van der Waals surface area contributed by atoms with E-state index in [9.17, 15) is 4.79 Å². The maximum atomic E-state index is 12.1. The van der Waals surface area contributed by atoms with E-state index in [2.05, 4.69) is 58.6 Å². The van der Waals surface area contributed by atoms with E-state index in [1.807, 2.05) is 30.5 Å². The molecule has 0 unspecified atom stereocenters. The maximum Gasteiger partial charge on any atom is 0.239 e. The largest absolute Gasteiger partial charge is 0.376 e. The van der Waals surface area contributed by atoms with Crippen LogP contribution in [0.5, 0.6) is 0 Å². The molecule has 0 spiro atoms. The Labute approximate surface area is 160 Å². The number of nitrogens with zero attached hydrogens (tertiary/aromatic N) is 1. The second-order valence-corrected chi connectivity index (χ2v) is 6.53. The molecule has 3 N–H and O–H groups in total. The molecule has 2 aromatic carbocycles. The molecule has 1 aromatic heterocycles. The summed E-state index contributed by atoms with van der Waals surface area (Å²) in [7, 11) is 0. The average molecular weight is 364 g/mol. The Kier molecular flexibility index (Phi) is 6.36. The Morgan fingerprint density at radius 3 is 2.52 bits per heavy atom. The molecule has 0 fully saturated rings. The van der Waals surface area contributed by atoms with Crippen molar-refractivity contribution < 1.29 is 4.79 Å². The van der Waals surface area contributed by atoms with Crippen LogP contribution in [0.25, 0.3) is 10.9 Å². The third-order valence-electron chi connectivity index (χ3n) is 4.84. The molecule has 0 aliphatic heterocycles. The molecule has 3 aromatic rings. The van der Waals surface area contributed by atoms with E-state index < -0.39 is 0 Å². The first kappa shape index (κ1) is 18.8. The Hall–Kier alpha value is -2.95. The van der Waals surface area contributed by atoms with Crippen molar-refractivity contribution in [1.82, 2.24) is 10.3 Å². The zero-order valence-corrected chi connectivity index (χ0v) is 16.1. The fourth-order valence-electron chi connectivity index (χ4n) is 3.30. The van der Waals surface area contributed by atoms with Crippen molar-refractivity contribution in [3.05, 3.63) is 60.3 Å². The van der Waals surface area contributed by atoms with Crippen LogP contribution in [-0.2, 0) is 11.2 Å². The Morgan fingerprint density at radius 2 is 1.78 bits per heavy atom. The van der Waals surface area contributed by atoms with Crippen molar-refractivity contribution in [2.24, 2.45) is 0 Å². The van der Waals surface area contributed by atoms with Gasteiger partial charge in [0.15, 0.2) is 0 Å². The van der Waals surface area contributed by atoms with E-state index >= 15 is 0 Å². The van der Waals surface area contributed by atoms with E-state index in [4.69, 9.17) is 0 Å². The number of carbonyl (C=O) groups is 1. The number of amides is 1. The van der Waals surface area contributed by atoms with Gasteiger partial charge in [-0.3, -0.25) is 4.79 Å². The fourth-order valence-corrected chi connectivity index (χ4v) is 3.30. The number of benzene rings is 2. The summed E-state index contributed by atoms with van der Waals surface area (Å²) in [6.07, 6.45) is 2.83. The molecular weight excluding hydrogens is 336 g/mol. The molecule has 0 saturated heterocycles. The number of carbonyl (C=O) groups excluding carboxylic acids is 1. The van der Waals surface area contributed by atoms with E-state index in [-0.39, 0.29) is 12.5 Å². The van der Waals surface area contributed by atoms with Gasteiger partial charge in [-0.05, 0) is 56.2 Å². The lowest BCUT2D eigenvalue weighted by molar-refractivity contribution is -0.119. The summed E-state index contributed by atoms with van der Waals surface area (Å²) in [6.45, 7) is 7.18. The summed E-state index contributed by atoms with van der Waals surface area (Å²) in [5.74, 6) is 0.00246. The van der Waals surface area contributed by atoms with E-state index in [0.717, 1.165) is 30.7 Å². The van der Waals surface area contributed by atoms with E-state index in [1.165, 1.54) is 16.6 Å². The topological polar surface area (TPSA) is 60.2 Å². The van der Waals surface area contributed by atoms with Crippen molar-refractivity contribution >= 4 is 28.2 Å². The van der Waals surface area contributed by atoms with Gasteiger partial charge in [-0.15, -0.1) is 0 Å². The number of hydrogen-bond donors (Lipinski definition) is 3. The summed E-state index contributed by atoms with van der Waals surface area (Å²) in [5, 5.41) is 7.38. The van der Waals surface area contributed by atoms with Crippen molar-refractivity contribution in [1.29, 1.82) is 0 Å². The van der Waals surface area contributed by atoms with Gasteiger partial charge < -0.3 is 20.5 Å². The molecule has 5 nitrogen and oxygen atoms in total. The van der Waals surface area contributed by atoms with Crippen LogP contribution >= 0.6 is 0 Å². The molecule has 0 radical (unpaired) electrons. The van der Waals surface area contributed by atoms with Gasteiger partial charge in [-0.25, -0.2) is 0 Å². The van der Waals surface area contributed by atoms with Crippen LogP contribution in [0.4, 0.5) is 11.4 Å². The molecule has 0 bridgehead atoms. The number of aromatic nitrogens is 1. The molecule has 142 valence electrons. The number of rotatable bonds is 9. The van der Waals surface area contributed by atoms with Crippen molar-refractivity contribution in [3.8, 4) is 0 Å². The average Bonchev–Trinajstić information content (AvgIpc) is 3.11. The highest BCUT2D eigenvalue weighted by Crippen LogP contribution is 2.18. The quantitative estimate of drug-likeness (QED) is 0.541. The van der Waals surface area contributed by atoms with Gasteiger partial charge >= 0.3 is 0 Å². The van der Waals surface area contributed by atoms with Gasteiger partial charge in [0.05, 0.1) is 6.54 Å². The van der Waals surface area contributed by atoms with E-state index in [1.54, 1.807) is 0 Å². The Morgan fingerprint density at radius 1 is 1.04 bits per heavy atom. The van der Waals surface area contributed by atoms with E-state index in [0.29, 0.717) is 6.54 Å². The number of anilines is 2. The maximum absolute atomic E-state index is 12.1. The molecule has 27 heavy (non-hydrogen) atoms. The Balaban J connectivity index is 1.43. The number of fused-ring (bicyclic) bond motifs is 1. The van der Waals surface area contributed by atoms with Crippen LogP contribution in [-0.4, -0.2) is 37.1 Å². The predicted molar refractivity (Wildman–Crippen MR) is 114 cm³/mol. The van der Waals surface area contributed by atoms with Crippen LogP contribution in [0.15, 0.2) is 54.7 Å². The molecule has 1 amide bonds. The van der Waals surface area contributed by atoms with Crippen LogP contribution in [0.1, 0.15) is 19.4 Å². The first-order valence-electron chi connectivity index (χ1n) is 9.61. The lowest BCUT2D eigenvalue weighted by Gasteiger charge is -2.21. The summed E-state index contributed by atoms with van der Waals surface area (Å²) in [6, 6.07) is 16.4. The second kappa shape index (κ2) is 9.12. The van der Waals surface area contributed by atoms with Gasteiger partial charge in [-0.2, -0.15) is 0 Å². The van der Waals surface area contributed by atoms with Crippen LogP contribution in [0.2, 0.25) is 0 Å². The van der Waals surface area contributed by atoms with Crippen LogP contribution in [0, 0.1) is 0 Å². The predicted octanol–water partition coefficient (Wildman–Crippen LogP) is 3.78. The number of para-hydroxylation sites is 1. The van der Waals surface area contributed by atoms with Crippen molar-refractivity contribution in [2.45, 2.75) is 20.3 Å². The third kappa shape index (κ3) is 4.82. The number of H-pyrrole nitrogens is 1. The molecule has 0 atom stereocenters. The minimum atomic E-state index is 0.00246. The van der Waals surface area contributed by atoms with Gasteiger partial charge in [-0.1, -0.05) is 18.2 Å². The minimum Gasteiger partial charge on any atom is -0.376 e. The molecular formula is C22H28N4O. The lowest BCUT2D eigenvalue weighted by atomic mass is 10.1. The fraction of sp³-hybridized carbons (Fsp3) is 0.318. The van der Waals surface area contributed by atoms with Crippen molar-refractivity contribution in [3.63, 3.8) is 0 Å². The van der Waals surface area contributed by atoms with Gasteiger partial charge in [0, 0.05) is 48.1 Å². The van der Waals surface area contributed by atoms with Gasteiger partial charge in [0.2, 0.25) is 5.91 Å². The van der Waals surface area contributed by atoms with Gasteiger partial charge in [0.1, 0.15) is 0 Å². The number of nitrogens with one attached hydrogen (secondary N) is 3. The molecule has 5 heteroatoms. The SMILES string of the molecule is CCN(CC)c1ccc(NCC(=O)NCCc2c[nH]c3ccccc23)cc1. The molecule has 0 aliphatic rings. The first-order chi connectivity index (χ1) is 13.2. The highest BCUT2D eigenvalue weighted by molar-refractivity contribution is 5.83. The smallest absolute Gasteiger partial charge is 0.239 e. The number of hydrogen-bond acceptors (Lipinski definition) is 3. The van der Waals surface area contributed by atoms with Crippen LogP contribution in [0.3, 0.4) is 0 Å². The zero-order chi connectivity index (χ0) is 19.1. The highest BCUT2D eigenvalue weighted by atomic mass is 16.1. The molecule has 0 aliphatic carbocycles. The Bertz CT molecular complexity index is 865. The monoisotopic (exact) mass is 364 g/mol. The molecule has 3 rings (SSSR count). The van der Waals surface area contributed by atoms with Crippen LogP contribution < -0.4 is 15.5 Å². The normalized spacial score (nSPS) is 10.7. The lowest BCUT2D eigenvalue weighted by Crippen LogP contribution is -2.31. The standard InChI is InChI=1S/C22H28N4O/c1-3-26(4-2)19-11-9-18(10-12-19)24-16-22(27)23-14-13-17-15-25-21-8-6-5-7-20(17)21/h5-12,15,24-25H,3-4,13-14,16H2,1-2H3,(H,23,27). The summed E-state index contributed by atoms with van der Waals surface area (Å²) < 4.78 is 0. The second-order valence-electron chi connectivity index (χ2n) is 6.53. The van der Waals surface area contributed by atoms with Gasteiger partial charge in [0.25, 0.3) is 0 Å². The summed E-state index contributed by atoms with van der Waals surface area (Å²) in [5.41, 5.74) is 4.52. The summed E-state index contributed by atoms with van der Waals surface area (Å²) in [4.78, 5) is 17.6. The first-order valence-corrected chi connectivity index (χ1v) is 9.61. The molecule has 0 saturated carbocycles. The van der Waals surface area contributed by atoms with Crippen molar-refractivity contribution in [2.75, 3.05) is 36.4 Å². The minimum absolute atomic E-state index is 0.00246. The summed E-state index contributed by atoms with van der Waals surface area (Å²) >= 11 is 0. The third-order valence-corrected chi connectivity index (χ3v) is 4.84. The molecule has 1 heterocycles. The highest BCUT2D eigenvalue weighted by Gasteiger charge is 2.05. The number of aromatic amines is 1. The zero-order valence-electron chi connectivity index (χ0n) is 16.1.